The number of allylic oxidation sites excluding steroid dienone is 1. The smallest absolute Gasteiger partial charge is 0.111 e. The minimum atomic E-state index is -1.04. The minimum absolute atomic E-state index is 0.485. The van der Waals surface area contributed by atoms with Gasteiger partial charge in [0.2, 0.25) is 0 Å². The summed E-state index contributed by atoms with van der Waals surface area (Å²) in [6.07, 6.45) is 13.0. The molecule has 0 spiro atoms. The van der Waals surface area contributed by atoms with E-state index in [0.717, 1.165) is 6.42 Å². The summed E-state index contributed by atoms with van der Waals surface area (Å²) in [4.78, 5) is 0. The number of nitrogens with one attached hydrogen (secondary N) is 1. The Morgan fingerprint density at radius 1 is 1.20 bits per heavy atom. The lowest BCUT2D eigenvalue weighted by atomic mass is 9.72. The summed E-state index contributed by atoms with van der Waals surface area (Å²) in [6.45, 7) is 10.0. The number of halogens is 1. The van der Waals surface area contributed by atoms with E-state index in [2.05, 4.69) is 18.8 Å². The molecule has 0 aromatic heterocycles. The first-order chi connectivity index (χ1) is 9.54. The van der Waals surface area contributed by atoms with Gasteiger partial charge in [0.25, 0.3) is 0 Å². The molecule has 1 fully saturated rings. The first kappa shape index (κ1) is 17.7. The Hall–Kier alpha value is -0.370. The van der Waals surface area contributed by atoms with E-state index in [-0.39, 0.29) is 0 Å². The summed E-state index contributed by atoms with van der Waals surface area (Å²) in [6, 6.07) is 0. The summed E-state index contributed by atoms with van der Waals surface area (Å²) in [5.41, 5.74) is -0.461. The number of piperidine rings is 1. The number of rotatable bonds is 10. The molecular formula is C18H34FN. The third-order valence-corrected chi connectivity index (χ3v) is 4.92. The second-order valence-corrected chi connectivity index (χ2v) is 6.97. The van der Waals surface area contributed by atoms with Gasteiger partial charge in [0.15, 0.2) is 0 Å². The van der Waals surface area contributed by atoms with Crippen LogP contribution in [0.2, 0.25) is 0 Å². The summed E-state index contributed by atoms with van der Waals surface area (Å²) < 4.78 is 14.0. The van der Waals surface area contributed by atoms with Gasteiger partial charge in [-0.15, -0.1) is 6.58 Å². The standard InChI is InChI=1S/C18H34FN/c1-4-9-17(3,19)11-7-6-8-12-18(10-5-2)13-15-20-16-14-18/h4,20H,1,5-16H2,2-3H3. The van der Waals surface area contributed by atoms with E-state index in [0.29, 0.717) is 18.3 Å². The Kier molecular flexibility index (Phi) is 7.79. The molecule has 1 atom stereocenters. The quantitative estimate of drug-likeness (QED) is 0.417. The van der Waals surface area contributed by atoms with Gasteiger partial charge < -0.3 is 5.32 Å². The van der Waals surface area contributed by atoms with Gasteiger partial charge in [-0.3, -0.25) is 0 Å². The van der Waals surface area contributed by atoms with Crippen LogP contribution in [0.25, 0.3) is 0 Å². The maximum absolute atomic E-state index is 14.0. The number of hydrogen-bond donors (Lipinski definition) is 1. The van der Waals surface area contributed by atoms with E-state index in [9.17, 15) is 4.39 Å². The molecule has 0 aliphatic carbocycles. The van der Waals surface area contributed by atoms with E-state index in [1.807, 2.05) is 0 Å². The number of hydrogen-bond acceptors (Lipinski definition) is 1. The number of unbranched alkanes of at least 4 members (excludes halogenated alkanes) is 2. The van der Waals surface area contributed by atoms with Crippen molar-refractivity contribution in [3.8, 4) is 0 Å². The molecule has 1 aliphatic rings. The van der Waals surface area contributed by atoms with Gasteiger partial charge in [-0.05, 0) is 64.0 Å². The first-order valence-corrected chi connectivity index (χ1v) is 8.54. The molecule has 1 aliphatic heterocycles. The van der Waals surface area contributed by atoms with Gasteiger partial charge in [0.1, 0.15) is 5.67 Å². The number of alkyl halides is 1. The van der Waals surface area contributed by atoms with Crippen LogP contribution in [-0.4, -0.2) is 18.8 Å². The second kappa shape index (κ2) is 8.81. The molecule has 0 aromatic rings. The zero-order chi connectivity index (χ0) is 14.9. The van der Waals surface area contributed by atoms with Gasteiger partial charge in [-0.1, -0.05) is 38.7 Å². The van der Waals surface area contributed by atoms with Crippen LogP contribution in [0.1, 0.15) is 78.1 Å². The average Bonchev–Trinajstić information content (AvgIpc) is 2.39. The van der Waals surface area contributed by atoms with Crippen LogP contribution in [0.4, 0.5) is 4.39 Å². The van der Waals surface area contributed by atoms with Crippen LogP contribution in [0.15, 0.2) is 12.7 Å². The summed E-state index contributed by atoms with van der Waals surface area (Å²) in [5, 5.41) is 3.47. The molecule has 0 bridgehead atoms. The molecule has 1 unspecified atom stereocenters. The van der Waals surface area contributed by atoms with E-state index in [1.165, 1.54) is 58.0 Å². The maximum atomic E-state index is 14.0. The largest absolute Gasteiger partial charge is 0.317 e. The molecular weight excluding hydrogens is 249 g/mol. The summed E-state index contributed by atoms with van der Waals surface area (Å²) in [7, 11) is 0. The zero-order valence-electron chi connectivity index (χ0n) is 13.6. The summed E-state index contributed by atoms with van der Waals surface area (Å²) >= 11 is 0. The average molecular weight is 283 g/mol. The Bertz CT molecular complexity index is 261. The molecule has 0 amide bonds. The molecule has 0 saturated carbocycles. The molecule has 1 N–H and O–H groups in total. The molecule has 0 radical (unpaired) electrons. The van der Waals surface area contributed by atoms with Crippen LogP contribution in [0.5, 0.6) is 0 Å². The predicted octanol–water partition coefficient (Wildman–Crippen LogP) is 5.41. The van der Waals surface area contributed by atoms with Crippen molar-refractivity contribution in [2.75, 3.05) is 13.1 Å². The molecule has 1 rings (SSSR count). The fraction of sp³-hybridized carbons (Fsp3) is 0.889. The van der Waals surface area contributed by atoms with Gasteiger partial charge in [0.05, 0.1) is 0 Å². The van der Waals surface area contributed by atoms with Crippen molar-refractivity contribution in [2.24, 2.45) is 5.41 Å². The molecule has 0 aromatic carbocycles. The van der Waals surface area contributed by atoms with Gasteiger partial charge >= 0.3 is 0 Å². The highest BCUT2D eigenvalue weighted by Crippen LogP contribution is 2.39. The van der Waals surface area contributed by atoms with E-state index < -0.39 is 5.67 Å². The van der Waals surface area contributed by atoms with Gasteiger partial charge in [0, 0.05) is 0 Å². The maximum Gasteiger partial charge on any atom is 0.111 e. The monoisotopic (exact) mass is 283 g/mol. The van der Waals surface area contributed by atoms with Crippen molar-refractivity contribution in [1.82, 2.24) is 5.32 Å². The van der Waals surface area contributed by atoms with Crippen LogP contribution in [0.3, 0.4) is 0 Å². The topological polar surface area (TPSA) is 12.0 Å². The lowest BCUT2D eigenvalue weighted by molar-refractivity contribution is 0.154. The minimum Gasteiger partial charge on any atom is -0.317 e. The molecule has 1 heterocycles. The third kappa shape index (κ3) is 6.39. The molecule has 118 valence electrons. The van der Waals surface area contributed by atoms with Gasteiger partial charge in [-0.25, -0.2) is 4.39 Å². The lowest BCUT2D eigenvalue weighted by Crippen LogP contribution is -2.36. The highest BCUT2D eigenvalue weighted by molar-refractivity contribution is 4.85. The Labute approximate surface area is 125 Å². The van der Waals surface area contributed by atoms with Crippen molar-refractivity contribution in [3.63, 3.8) is 0 Å². The fourth-order valence-corrected chi connectivity index (χ4v) is 3.69. The fourth-order valence-electron chi connectivity index (χ4n) is 3.69. The highest BCUT2D eigenvalue weighted by Gasteiger charge is 2.30. The first-order valence-electron chi connectivity index (χ1n) is 8.54. The van der Waals surface area contributed by atoms with Crippen molar-refractivity contribution >= 4 is 0 Å². The zero-order valence-corrected chi connectivity index (χ0v) is 13.6. The molecule has 1 nitrogen and oxygen atoms in total. The Morgan fingerprint density at radius 2 is 1.90 bits per heavy atom. The SMILES string of the molecule is C=CCC(C)(F)CCCCCC1(CCC)CCNCC1. The summed E-state index contributed by atoms with van der Waals surface area (Å²) in [5.74, 6) is 0. The van der Waals surface area contributed by atoms with Crippen LogP contribution in [-0.2, 0) is 0 Å². The normalized spacial score (nSPS) is 21.4. The van der Waals surface area contributed by atoms with Crippen molar-refractivity contribution in [2.45, 2.75) is 83.7 Å². The van der Waals surface area contributed by atoms with Crippen molar-refractivity contribution in [3.05, 3.63) is 12.7 Å². The van der Waals surface area contributed by atoms with E-state index >= 15 is 0 Å². The van der Waals surface area contributed by atoms with E-state index in [4.69, 9.17) is 0 Å². The van der Waals surface area contributed by atoms with Crippen LogP contribution < -0.4 is 5.32 Å². The molecule has 1 saturated heterocycles. The third-order valence-electron chi connectivity index (χ3n) is 4.92. The second-order valence-electron chi connectivity index (χ2n) is 6.97. The van der Waals surface area contributed by atoms with Crippen molar-refractivity contribution < 1.29 is 4.39 Å². The molecule has 20 heavy (non-hydrogen) atoms. The molecule has 2 heteroatoms. The van der Waals surface area contributed by atoms with Gasteiger partial charge in [-0.2, -0.15) is 0 Å². The highest BCUT2D eigenvalue weighted by atomic mass is 19.1. The Morgan fingerprint density at radius 3 is 2.50 bits per heavy atom. The van der Waals surface area contributed by atoms with Crippen LogP contribution >= 0.6 is 0 Å². The van der Waals surface area contributed by atoms with E-state index in [1.54, 1.807) is 13.0 Å². The Balaban J connectivity index is 2.22. The van der Waals surface area contributed by atoms with Crippen LogP contribution in [0, 0.1) is 5.41 Å². The lowest BCUT2D eigenvalue weighted by Gasteiger charge is -2.38. The van der Waals surface area contributed by atoms with Crippen molar-refractivity contribution in [1.29, 1.82) is 0 Å². The predicted molar refractivity (Wildman–Crippen MR) is 86.9 cm³/mol.